The molecule has 0 bridgehead atoms. The molecule has 0 spiro atoms. The first-order valence-corrected chi connectivity index (χ1v) is 7.81. The molecule has 0 aliphatic carbocycles. The van der Waals surface area contributed by atoms with E-state index in [-0.39, 0.29) is 24.2 Å². The fraction of sp³-hybridized carbons (Fsp3) is 0.214. The molecular formula is C14H11BrN2O2S. The normalized spacial score (nSPS) is 22.6. The molecule has 2 heterocycles. The predicted molar refractivity (Wildman–Crippen MR) is 79.5 cm³/mol. The Bertz CT molecular complexity index is 657. The summed E-state index contributed by atoms with van der Waals surface area (Å²) in [5.41, 5.74) is 0.887. The third kappa shape index (κ3) is 2.41. The Morgan fingerprint density at radius 1 is 1.30 bits per heavy atom. The minimum atomic E-state index is -0.394. The summed E-state index contributed by atoms with van der Waals surface area (Å²) >= 11 is 4.96. The summed E-state index contributed by atoms with van der Waals surface area (Å²) < 4.78 is 0.871. The molecule has 6 heteroatoms. The largest absolute Gasteiger partial charge is 0.296 e. The highest BCUT2D eigenvalue weighted by Gasteiger charge is 2.39. The number of nitrogens with one attached hydrogen (secondary N) is 1. The first kappa shape index (κ1) is 13.5. The van der Waals surface area contributed by atoms with Gasteiger partial charge in [0.25, 0.3) is 0 Å². The van der Waals surface area contributed by atoms with Crippen LogP contribution in [-0.2, 0) is 9.59 Å². The van der Waals surface area contributed by atoms with E-state index in [0.29, 0.717) is 0 Å². The molecule has 1 aliphatic heterocycles. The van der Waals surface area contributed by atoms with Crippen LogP contribution in [0.5, 0.6) is 0 Å². The summed E-state index contributed by atoms with van der Waals surface area (Å²) in [5.74, 6) is -1.09. The molecule has 1 fully saturated rings. The molecule has 1 aliphatic rings. The maximum absolute atomic E-state index is 12.3. The molecule has 1 saturated heterocycles. The summed E-state index contributed by atoms with van der Waals surface area (Å²) in [5, 5.41) is 5.12. The van der Waals surface area contributed by atoms with Gasteiger partial charge in [0, 0.05) is 28.4 Å². The van der Waals surface area contributed by atoms with Gasteiger partial charge in [-0.2, -0.15) is 0 Å². The van der Waals surface area contributed by atoms with Gasteiger partial charge in [-0.3, -0.25) is 14.9 Å². The maximum atomic E-state index is 12.3. The minimum Gasteiger partial charge on any atom is -0.296 e. The van der Waals surface area contributed by atoms with Gasteiger partial charge < -0.3 is 0 Å². The van der Waals surface area contributed by atoms with Crippen molar-refractivity contribution in [2.45, 2.75) is 18.3 Å². The van der Waals surface area contributed by atoms with Crippen molar-refractivity contribution in [3.63, 3.8) is 0 Å². The molecule has 1 aromatic carbocycles. The SMILES string of the molecule is O=C1CC(c2nccs2)C(c2ccccc2Br)C(=O)N1. The summed E-state index contributed by atoms with van der Waals surface area (Å²) in [6.07, 6.45) is 1.99. The van der Waals surface area contributed by atoms with Crippen molar-refractivity contribution in [2.75, 3.05) is 0 Å². The zero-order chi connectivity index (χ0) is 14.1. The number of hydrogen-bond acceptors (Lipinski definition) is 4. The highest BCUT2D eigenvalue weighted by Crippen LogP contribution is 2.41. The zero-order valence-corrected chi connectivity index (χ0v) is 12.8. The number of benzene rings is 1. The summed E-state index contributed by atoms with van der Waals surface area (Å²) in [4.78, 5) is 28.2. The van der Waals surface area contributed by atoms with Crippen LogP contribution in [0.1, 0.15) is 28.8 Å². The van der Waals surface area contributed by atoms with E-state index in [0.717, 1.165) is 15.0 Å². The number of amides is 2. The molecule has 2 unspecified atom stereocenters. The van der Waals surface area contributed by atoms with E-state index in [2.05, 4.69) is 26.2 Å². The Morgan fingerprint density at radius 3 is 2.80 bits per heavy atom. The molecule has 1 N–H and O–H groups in total. The van der Waals surface area contributed by atoms with Crippen LogP contribution in [0.25, 0.3) is 0 Å². The second kappa shape index (κ2) is 5.46. The Labute approximate surface area is 128 Å². The van der Waals surface area contributed by atoms with E-state index in [9.17, 15) is 9.59 Å². The second-order valence-corrected chi connectivity index (χ2v) is 6.37. The van der Waals surface area contributed by atoms with Crippen molar-refractivity contribution < 1.29 is 9.59 Å². The van der Waals surface area contributed by atoms with Crippen molar-refractivity contribution in [1.82, 2.24) is 10.3 Å². The molecular weight excluding hydrogens is 340 g/mol. The van der Waals surface area contributed by atoms with Crippen LogP contribution in [-0.4, -0.2) is 16.8 Å². The molecule has 0 radical (unpaired) electrons. The zero-order valence-electron chi connectivity index (χ0n) is 10.4. The molecule has 102 valence electrons. The third-order valence-electron chi connectivity index (χ3n) is 3.36. The van der Waals surface area contributed by atoms with Crippen molar-refractivity contribution in [3.8, 4) is 0 Å². The number of halogens is 1. The van der Waals surface area contributed by atoms with Gasteiger partial charge in [-0.1, -0.05) is 34.1 Å². The molecule has 2 amide bonds. The fourth-order valence-corrected chi connectivity index (χ4v) is 3.81. The number of rotatable bonds is 2. The standard InChI is InChI=1S/C14H11BrN2O2S/c15-10-4-2-1-3-8(10)12-9(14-16-5-6-20-14)7-11(18)17-13(12)19/h1-6,9,12H,7H2,(H,17,18,19). The van der Waals surface area contributed by atoms with Crippen molar-refractivity contribution in [3.05, 3.63) is 50.9 Å². The molecule has 1 aromatic heterocycles. The monoisotopic (exact) mass is 350 g/mol. The number of aromatic nitrogens is 1. The molecule has 0 saturated carbocycles. The highest BCUT2D eigenvalue weighted by atomic mass is 79.9. The molecule has 2 aromatic rings. The van der Waals surface area contributed by atoms with E-state index in [1.807, 2.05) is 29.6 Å². The van der Waals surface area contributed by atoms with E-state index >= 15 is 0 Å². The number of imide groups is 1. The van der Waals surface area contributed by atoms with Crippen molar-refractivity contribution in [1.29, 1.82) is 0 Å². The van der Waals surface area contributed by atoms with Crippen LogP contribution < -0.4 is 5.32 Å². The summed E-state index contributed by atoms with van der Waals surface area (Å²) in [6, 6.07) is 7.60. The lowest BCUT2D eigenvalue weighted by Crippen LogP contribution is -2.43. The number of carbonyl (C=O) groups excluding carboxylic acids is 2. The van der Waals surface area contributed by atoms with Gasteiger partial charge in [0.1, 0.15) is 0 Å². The quantitative estimate of drug-likeness (QED) is 0.847. The van der Waals surface area contributed by atoms with Gasteiger partial charge >= 0.3 is 0 Å². The van der Waals surface area contributed by atoms with Crippen LogP contribution in [0, 0.1) is 0 Å². The predicted octanol–water partition coefficient (Wildman–Crippen LogP) is 2.82. The number of nitrogens with zero attached hydrogens (tertiary/aromatic N) is 1. The van der Waals surface area contributed by atoms with Crippen LogP contribution in [0.3, 0.4) is 0 Å². The number of thiazole rings is 1. The third-order valence-corrected chi connectivity index (χ3v) is 4.99. The van der Waals surface area contributed by atoms with Crippen molar-refractivity contribution >= 4 is 39.1 Å². The number of piperidine rings is 1. The lowest BCUT2D eigenvalue weighted by atomic mass is 9.81. The van der Waals surface area contributed by atoms with E-state index < -0.39 is 5.92 Å². The van der Waals surface area contributed by atoms with Gasteiger partial charge in [-0.15, -0.1) is 11.3 Å². The van der Waals surface area contributed by atoms with Crippen LogP contribution in [0.2, 0.25) is 0 Å². The Morgan fingerprint density at radius 2 is 2.10 bits per heavy atom. The fourth-order valence-electron chi connectivity index (χ4n) is 2.50. The van der Waals surface area contributed by atoms with E-state index in [4.69, 9.17) is 0 Å². The first-order valence-electron chi connectivity index (χ1n) is 6.14. The molecule has 20 heavy (non-hydrogen) atoms. The average Bonchev–Trinajstić information content (AvgIpc) is 2.93. The Kier molecular flexibility index (Phi) is 3.67. The maximum Gasteiger partial charge on any atom is 0.234 e. The second-order valence-electron chi connectivity index (χ2n) is 4.59. The van der Waals surface area contributed by atoms with Crippen LogP contribution in [0.4, 0.5) is 0 Å². The van der Waals surface area contributed by atoms with Gasteiger partial charge in [0.2, 0.25) is 11.8 Å². The Hall–Kier alpha value is -1.53. The van der Waals surface area contributed by atoms with Crippen LogP contribution in [0.15, 0.2) is 40.3 Å². The molecule has 3 rings (SSSR count). The Balaban J connectivity index is 2.07. The van der Waals surface area contributed by atoms with Crippen molar-refractivity contribution in [2.24, 2.45) is 0 Å². The topological polar surface area (TPSA) is 59.1 Å². The lowest BCUT2D eigenvalue weighted by Gasteiger charge is -2.29. The smallest absolute Gasteiger partial charge is 0.234 e. The van der Waals surface area contributed by atoms with Crippen LogP contribution >= 0.6 is 27.3 Å². The van der Waals surface area contributed by atoms with Gasteiger partial charge in [-0.05, 0) is 11.6 Å². The molecule has 2 atom stereocenters. The molecule has 4 nitrogen and oxygen atoms in total. The summed E-state index contributed by atoms with van der Waals surface area (Å²) in [6.45, 7) is 0. The van der Waals surface area contributed by atoms with E-state index in [1.165, 1.54) is 11.3 Å². The van der Waals surface area contributed by atoms with Gasteiger partial charge in [0.05, 0.1) is 10.9 Å². The van der Waals surface area contributed by atoms with Gasteiger partial charge in [0.15, 0.2) is 0 Å². The number of hydrogen-bond donors (Lipinski definition) is 1. The van der Waals surface area contributed by atoms with Gasteiger partial charge in [-0.25, -0.2) is 4.98 Å². The van der Waals surface area contributed by atoms with E-state index in [1.54, 1.807) is 6.20 Å². The first-order chi connectivity index (χ1) is 9.66. The average molecular weight is 351 g/mol. The summed E-state index contributed by atoms with van der Waals surface area (Å²) in [7, 11) is 0. The lowest BCUT2D eigenvalue weighted by molar-refractivity contribution is -0.135. The highest BCUT2D eigenvalue weighted by molar-refractivity contribution is 9.10. The minimum absolute atomic E-state index is 0.199. The number of carbonyl (C=O) groups is 2.